The topological polar surface area (TPSA) is 74.0 Å². The van der Waals surface area contributed by atoms with Crippen molar-refractivity contribution in [1.29, 1.82) is 0 Å². The van der Waals surface area contributed by atoms with Gasteiger partial charge in [-0.05, 0) is 51.1 Å². The average Bonchev–Trinajstić information content (AvgIpc) is 3.17. The van der Waals surface area contributed by atoms with Gasteiger partial charge >= 0.3 is 6.09 Å². The van der Waals surface area contributed by atoms with E-state index in [4.69, 9.17) is 18.6 Å². The summed E-state index contributed by atoms with van der Waals surface area (Å²) in [6, 6.07) is 9.97. The van der Waals surface area contributed by atoms with Crippen LogP contribution in [-0.4, -0.2) is 47.9 Å². The molecular formula is C24H27FN2O5. The molecule has 8 heteroatoms. The van der Waals surface area contributed by atoms with Crippen molar-refractivity contribution in [2.24, 2.45) is 0 Å². The van der Waals surface area contributed by atoms with Crippen LogP contribution in [0.2, 0.25) is 0 Å². The van der Waals surface area contributed by atoms with Crippen LogP contribution in [0.4, 0.5) is 9.18 Å². The summed E-state index contributed by atoms with van der Waals surface area (Å²) in [5.41, 5.74) is 1.22. The highest BCUT2D eigenvalue weighted by Gasteiger charge is 2.28. The zero-order chi connectivity index (χ0) is 22.9. The van der Waals surface area contributed by atoms with E-state index in [0.29, 0.717) is 54.2 Å². The molecule has 0 unspecified atom stereocenters. The summed E-state index contributed by atoms with van der Waals surface area (Å²) in [7, 11) is 1.58. The van der Waals surface area contributed by atoms with Crippen molar-refractivity contribution in [1.82, 2.24) is 9.88 Å². The van der Waals surface area contributed by atoms with Crippen molar-refractivity contribution in [3.8, 4) is 23.0 Å². The molecule has 1 saturated heterocycles. The Balaban J connectivity index is 1.40. The number of oxazole rings is 1. The van der Waals surface area contributed by atoms with E-state index in [2.05, 4.69) is 4.98 Å². The van der Waals surface area contributed by atoms with Crippen molar-refractivity contribution in [3.63, 3.8) is 0 Å². The molecule has 0 saturated carbocycles. The smallest absolute Gasteiger partial charge is 0.410 e. The molecule has 2 heterocycles. The highest BCUT2D eigenvalue weighted by atomic mass is 19.1. The predicted molar refractivity (Wildman–Crippen MR) is 117 cm³/mol. The molecule has 1 amide bonds. The lowest BCUT2D eigenvalue weighted by Gasteiger charge is -2.33. The van der Waals surface area contributed by atoms with E-state index in [-0.39, 0.29) is 17.9 Å². The van der Waals surface area contributed by atoms with E-state index in [1.807, 2.05) is 20.8 Å². The number of fused-ring (bicyclic) bond motifs is 1. The highest BCUT2D eigenvalue weighted by molar-refractivity contribution is 5.77. The monoisotopic (exact) mass is 442 g/mol. The van der Waals surface area contributed by atoms with Gasteiger partial charge in [-0.3, -0.25) is 0 Å². The van der Waals surface area contributed by atoms with Gasteiger partial charge in [0.25, 0.3) is 0 Å². The number of hydrogen-bond donors (Lipinski definition) is 0. The largest absolute Gasteiger partial charge is 0.497 e. The van der Waals surface area contributed by atoms with Gasteiger partial charge in [0, 0.05) is 37.6 Å². The van der Waals surface area contributed by atoms with Crippen LogP contribution >= 0.6 is 0 Å². The number of carbonyl (C=O) groups is 1. The summed E-state index contributed by atoms with van der Waals surface area (Å²) in [6.45, 7) is 6.53. The number of aromatic nitrogens is 1. The Labute approximate surface area is 186 Å². The predicted octanol–water partition coefficient (Wildman–Crippen LogP) is 5.42. The third-order valence-electron chi connectivity index (χ3n) is 5.16. The maximum absolute atomic E-state index is 14.8. The fraction of sp³-hybridized carbons (Fsp3) is 0.417. The number of piperidine rings is 1. The Morgan fingerprint density at radius 3 is 2.56 bits per heavy atom. The second-order valence-corrected chi connectivity index (χ2v) is 8.78. The van der Waals surface area contributed by atoms with Gasteiger partial charge in [-0.2, -0.15) is 0 Å². The quantitative estimate of drug-likeness (QED) is 0.537. The van der Waals surface area contributed by atoms with Crippen LogP contribution in [0.5, 0.6) is 11.5 Å². The maximum Gasteiger partial charge on any atom is 0.410 e. The molecular weight excluding hydrogens is 415 g/mol. The lowest BCUT2D eigenvalue weighted by Crippen LogP contribution is -2.44. The molecule has 7 nitrogen and oxygen atoms in total. The standard InChI is InChI=1S/C24H27FN2O5/c1-24(2,3)32-23(28)27-11-9-16(10-12-27)30-20-7-5-15(13-18(20)25)22-26-19-14-17(29-4)6-8-21(19)31-22/h5-8,13-14,16H,9-12H2,1-4H3. The Morgan fingerprint density at radius 1 is 1.16 bits per heavy atom. The summed E-state index contributed by atoms with van der Waals surface area (Å²) in [5.74, 6) is 0.675. The minimum atomic E-state index is -0.532. The van der Waals surface area contributed by atoms with Crippen LogP contribution < -0.4 is 9.47 Å². The molecule has 0 N–H and O–H groups in total. The van der Waals surface area contributed by atoms with Crippen LogP contribution in [0.3, 0.4) is 0 Å². The summed E-state index contributed by atoms with van der Waals surface area (Å²) in [4.78, 5) is 18.3. The van der Waals surface area contributed by atoms with E-state index < -0.39 is 11.4 Å². The van der Waals surface area contributed by atoms with Gasteiger partial charge in [0.2, 0.25) is 5.89 Å². The summed E-state index contributed by atoms with van der Waals surface area (Å²) >= 11 is 0. The Bertz CT molecular complexity index is 1110. The van der Waals surface area contributed by atoms with Gasteiger partial charge in [0.15, 0.2) is 17.1 Å². The third-order valence-corrected chi connectivity index (χ3v) is 5.16. The number of halogens is 1. The number of nitrogens with zero attached hydrogens (tertiary/aromatic N) is 2. The fourth-order valence-electron chi connectivity index (χ4n) is 3.55. The molecule has 0 bridgehead atoms. The number of benzene rings is 2. The first-order valence-electron chi connectivity index (χ1n) is 10.6. The second-order valence-electron chi connectivity index (χ2n) is 8.78. The van der Waals surface area contributed by atoms with E-state index in [0.717, 1.165) is 0 Å². The minimum absolute atomic E-state index is 0.169. The maximum atomic E-state index is 14.8. The molecule has 0 aliphatic carbocycles. The second kappa shape index (κ2) is 8.68. The van der Waals surface area contributed by atoms with Crippen molar-refractivity contribution in [2.75, 3.05) is 20.2 Å². The molecule has 2 aromatic carbocycles. The van der Waals surface area contributed by atoms with Crippen LogP contribution in [0.1, 0.15) is 33.6 Å². The van der Waals surface area contributed by atoms with E-state index in [1.54, 1.807) is 42.3 Å². The lowest BCUT2D eigenvalue weighted by atomic mass is 10.1. The van der Waals surface area contributed by atoms with Crippen molar-refractivity contribution >= 4 is 17.2 Å². The zero-order valence-electron chi connectivity index (χ0n) is 18.7. The number of amides is 1. The Hall–Kier alpha value is -3.29. The first kappa shape index (κ1) is 21.9. The lowest BCUT2D eigenvalue weighted by molar-refractivity contribution is 0.0123. The SMILES string of the molecule is COc1ccc2oc(-c3ccc(OC4CCN(C(=O)OC(C)(C)C)CC4)c(F)c3)nc2c1. The first-order chi connectivity index (χ1) is 15.2. The van der Waals surface area contributed by atoms with Crippen LogP contribution in [0.25, 0.3) is 22.6 Å². The summed E-state index contributed by atoms with van der Waals surface area (Å²) < 4.78 is 37.0. The third kappa shape index (κ3) is 4.95. The van der Waals surface area contributed by atoms with E-state index in [9.17, 15) is 9.18 Å². The number of methoxy groups -OCH3 is 1. The van der Waals surface area contributed by atoms with Gasteiger partial charge in [0.05, 0.1) is 7.11 Å². The van der Waals surface area contributed by atoms with E-state index in [1.165, 1.54) is 6.07 Å². The Morgan fingerprint density at radius 2 is 1.91 bits per heavy atom. The molecule has 4 rings (SSSR count). The van der Waals surface area contributed by atoms with Crippen molar-refractivity contribution in [2.45, 2.75) is 45.3 Å². The number of ether oxygens (including phenoxy) is 3. The van der Waals surface area contributed by atoms with Gasteiger partial charge in [0.1, 0.15) is 23.0 Å². The minimum Gasteiger partial charge on any atom is -0.497 e. The molecule has 32 heavy (non-hydrogen) atoms. The normalized spacial score (nSPS) is 15.1. The first-order valence-corrected chi connectivity index (χ1v) is 10.6. The molecule has 1 aromatic heterocycles. The number of rotatable bonds is 4. The molecule has 170 valence electrons. The summed E-state index contributed by atoms with van der Waals surface area (Å²) in [5, 5.41) is 0. The van der Waals surface area contributed by atoms with Crippen molar-refractivity contribution in [3.05, 3.63) is 42.2 Å². The van der Waals surface area contributed by atoms with Gasteiger partial charge in [-0.1, -0.05) is 0 Å². The fourth-order valence-corrected chi connectivity index (χ4v) is 3.55. The number of hydrogen-bond acceptors (Lipinski definition) is 6. The Kier molecular flexibility index (Phi) is 5.95. The molecule has 0 atom stereocenters. The van der Waals surface area contributed by atoms with E-state index >= 15 is 0 Å². The molecule has 1 fully saturated rings. The number of likely N-dealkylation sites (tertiary alicyclic amines) is 1. The van der Waals surface area contributed by atoms with Crippen LogP contribution in [0.15, 0.2) is 40.8 Å². The van der Waals surface area contributed by atoms with Gasteiger partial charge < -0.3 is 23.5 Å². The van der Waals surface area contributed by atoms with Crippen LogP contribution in [-0.2, 0) is 4.74 Å². The van der Waals surface area contributed by atoms with Gasteiger partial charge in [-0.15, -0.1) is 0 Å². The summed E-state index contributed by atoms with van der Waals surface area (Å²) in [6.07, 6.45) is 0.703. The molecule has 3 aromatic rings. The highest BCUT2D eigenvalue weighted by Crippen LogP contribution is 2.30. The van der Waals surface area contributed by atoms with Gasteiger partial charge in [-0.25, -0.2) is 14.2 Å². The molecule has 1 aliphatic rings. The zero-order valence-corrected chi connectivity index (χ0v) is 18.7. The van der Waals surface area contributed by atoms with Crippen molar-refractivity contribution < 1.29 is 27.8 Å². The number of carbonyl (C=O) groups excluding carboxylic acids is 1. The van der Waals surface area contributed by atoms with Crippen LogP contribution in [0, 0.1) is 5.82 Å². The molecule has 1 aliphatic heterocycles. The molecule has 0 spiro atoms. The average molecular weight is 442 g/mol. The molecule has 0 radical (unpaired) electrons.